The molecule has 1 saturated heterocycles. The minimum atomic E-state index is -3.37. The molecule has 0 aromatic heterocycles. The lowest BCUT2D eigenvalue weighted by Gasteiger charge is -2.27. The third-order valence-electron chi connectivity index (χ3n) is 3.76. The summed E-state index contributed by atoms with van der Waals surface area (Å²) < 4.78 is 27.7. The van der Waals surface area contributed by atoms with Gasteiger partial charge in [0.05, 0.1) is 4.90 Å². The molecule has 19 heavy (non-hydrogen) atoms. The van der Waals surface area contributed by atoms with Crippen molar-refractivity contribution in [3.05, 3.63) is 29.8 Å². The number of hydrogen-bond donors (Lipinski definition) is 0. The summed E-state index contributed by atoms with van der Waals surface area (Å²) in [4.78, 5) is 0.411. The van der Waals surface area contributed by atoms with Crippen LogP contribution in [0.3, 0.4) is 0 Å². The Balaban J connectivity index is 2.41. The van der Waals surface area contributed by atoms with Crippen molar-refractivity contribution >= 4 is 32.6 Å². The lowest BCUT2D eigenvalue weighted by molar-refractivity contribution is 0.331. The van der Waals surface area contributed by atoms with Gasteiger partial charge >= 0.3 is 0 Å². The van der Waals surface area contributed by atoms with Crippen molar-refractivity contribution in [2.24, 2.45) is 0 Å². The van der Waals surface area contributed by atoms with Crippen LogP contribution < -0.4 is 0 Å². The van der Waals surface area contributed by atoms with Crippen LogP contribution in [0.25, 0.3) is 0 Å². The fourth-order valence-corrected chi connectivity index (χ4v) is 6.50. The van der Waals surface area contributed by atoms with Gasteiger partial charge in [-0.2, -0.15) is 4.31 Å². The van der Waals surface area contributed by atoms with E-state index in [0.29, 0.717) is 8.82 Å². The van der Waals surface area contributed by atoms with Crippen molar-refractivity contribution in [1.29, 1.82) is 0 Å². The Labute approximate surface area is 129 Å². The maximum Gasteiger partial charge on any atom is 0.243 e. The first-order valence-corrected chi connectivity index (χ1v) is 9.30. The molecule has 0 amide bonds. The van der Waals surface area contributed by atoms with Gasteiger partial charge in [-0.15, -0.1) is 0 Å². The van der Waals surface area contributed by atoms with Gasteiger partial charge < -0.3 is 0 Å². The Morgan fingerprint density at radius 3 is 2.42 bits per heavy atom. The van der Waals surface area contributed by atoms with Gasteiger partial charge in [-0.1, -0.05) is 47.2 Å². The maximum absolute atomic E-state index is 12.8. The van der Waals surface area contributed by atoms with Gasteiger partial charge in [0.15, 0.2) is 0 Å². The maximum atomic E-state index is 12.8. The topological polar surface area (TPSA) is 37.4 Å². The molecule has 1 aliphatic heterocycles. The number of rotatable bonds is 3. The van der Waals surface area contributed by atoms with Gasteiger partial charge in [0.1, 0.15) is 0 Å². The van der Waals surface area contributed by atoms with Crippen LogP contribution in [-0.4, -0.2) is 28.7 Å². The normalized spacial score (nSPS) is 28.7. The molecular weight excluding hydrogens is 373 g/mol. The summed E-state index contributed by atoms with van der Waals surface area (Å²) in [6.07, 6.45) is 1.80. The molecular formula is C14H20INO2S. The van der Waals surface area contributed by atoms with Crippen LogP contribution in [0.15, 0.2) is 29.2 Å². The number of alkyl halides is 1. The van der Waals surface area contributed by atoms with Crippen LogP contribution in [0.5, 0.6) is 0 Å². The fraction of sp³-hybridized carbons (Fsp3) is 0.571. The van der Waals surface area contributed by atoms with Gasteiger partial charge in [-0.3, -0.25) is 0 Å². The van der Waals surface area contributed by atoms with Crippen LogP contribution in [0, 0.1) is 6.92 Å². The first kappa shape index (κ1) is 15.3. The molecule has 3 atom stereocenters. The summed E-state index contributed by atoms with van der Waals surface area (Å²) in [5.74, 6) is 0. The highest BCUT2D eigenvalue weighted by molar-refractivity contribution is 14.1. The molecule has 0 unspecified atom stereocenters. The van der Waals surface area contributed by atoms with Gasteiger partial charge in [0, 0.05) is 16.0 Å². The molecule has 1 aromatic rings. The molecule has 1 aliphatic rings. The lowest BCUT2D eigenvalue weighted by atomic mass is 10.2. The highest BCUT2D eigenvalue weighted by Crippen LogP contribution is 2.36. The number of aryl methyl sites for hydroxylation is 1. The van der Waals surface area contributed by atoms with E-state index in [1.807, 2.05) is 26.0 Å². The second-order valence-corrected chi connectivity index (χ2v) is 8.67. The minimum Gasteiger partial charge on any atom is -0.207 e. The molecule has 0 bridgehead atoms. The van der Waals surface area contributed by atoms with E-state index >= 15 is 0 Å². The van der Waals surface area contributed by atoms with Crippen molar-refractivity contribution in [1.82, 2.24) is 4.31 Å². The van der Waals surface area contributed by atoms with E-state index in [4.69, 9.17) is 0 Å². The SMILES string of the molecule is CC[C@H]1[C@H](I)C[C@H](C)N1S(=O)(=O)c1ccc(C)cc1. The molecule has 0 N–H and O–H groups in total. The van der Waals surface area contributed by atoms with E-state index in [1.165, 1.54) is 0 Å². The van der Waals surface area contributed by atoms with E-state index in [0.717, 1.165) is 18.4 Å². The van der Waals surface area contributed by atoms with Gasteiger partial charge in [-0.25, -0.2) is 8.42 Å². The molecule has 0 saturated carbocycles. The molecule has 1 aromatic carbocycles. The summed E-state index contributed by atoms with van der Waals surface area (Å²) in [6, 6.07) is 7.33. The summed E-state index contributed by atoms with van der Waals surface area (Å²) in [6.45, 7) is 6.03. The minimum absolute atomic E-state index is 0.0816. The first-order valence-electron chi connectivity index (χ1n) is 6.62. The third kappa shape index (κ3) is 2.83. The van der Waals surface area contributed by atoms with Crippen molar-refractivity contribution < 1.29 is 8.42 Å². The van der Waals surface area contributed by atoms with E-state index in [1.54, 1.807) is 16.4 Å². The summed E-state index contributed by atoms with van der Waals surface area (Å²) in [5.41, 5.74) is 1.08. The Morgan fingerprint density at radius 1 is 1.32 bits per heavy atom. The van der Waals surface area contributed by atoms with Crippen molar-refractivity contribution in [2.45, 2.75) is 54.5 Å². The van der Waals surface area contributed by atoms with Gasteiger partial charge in [0.2, 0.25) is 10.0 Å². The van der Waals surface area contributed by atoms with E-state index in [9.17, 15) is 8.42 Å². The van der Waals surface area contributed by atoms with E-state index < -0.39 is 10.0 Å². The van der Waals surface area contributed by atoms with Crippen molar-refractivity contribution in [2.75, 3.05) is 0 Å². The molecule has 3 nitrogen and oxygen atoms in total. The molecule has 0 aliphatic carbocycles. The van der Waals surface area contributed by atoms with Crippen LogP contribution in [0.1, 0.15) is 32.3 Å². The van der Waals surface area contributed by atoms with Crippen LogP contribution in [0.4, 0.5) is 0 Å². The van der Waals surface area contributed by atoms with Crippen LogP contribution >= 0.6 is 22.6 Å². The second-order valence-electron chi connectivity index (χ2n) is 5.22. The van der Waals surface area contributed by atoms with E-state index in [2.05, 4.69) is 29.5 Å². The molecule has 2 rings (SSSR count). The van der Waals surface area contributed by atoms with Crippen molar-refractivity contribution in [3.63, 3.8) is 0 Å². The zero-order chi connectivity index (χ0) is 14.2. The molecule has 106 valence electrons. The zero-order valence-electron chi connectivity index (χ0n) is 11.5. The Kier molecular flexibility index (Phi) is 4.57. The number of sulfonamides is 1. The molecule has 0 radical (unpaired) electrons. The van der Waals surface area contributed by atoms with Crippen LogP contribution in [-0.2, 0) is 10.0 Å². The highest BCUT2D eigenvalue weighted by Gasteiger charge is 2.43. The average Bonchev–Trinajstić information content (AvgIpc) is 2.64. The number of hydrogen-bond acceptors (Lipinski definition) is 2. The lowest BCUT2D eigenvalue weighted by Crippen LogP contribution is -2.41. The van der Waals surface area contributed by atoms with Crippen molar-refractivity contribution in [3.8, 4) is 0 Å². The van der Waals surface area contributed by atoms with Crippen LogP contribution in [0.2, 0.25) is 0 Å². The first-order chi connectivity index (χ1) is 8.87. The molecule has 1 heterocycles. The Morgan fingerprint density at radius 2 is 1.89 bits per heavy atom. The molecule has 0 spiro atoms. The second kappa shape index (κ2) is 5.69. The molecule has 5 heteroatoms. The third-order valence-corrected chi connectivity index (χ3v) is 7.15. The average molecular weight is 393 g/mol. The Hall–Kier alpha value is -0.140. The fourth-order valence-electron chi connectivity index (χ4n) is 2.76. The van der Waals surface area contributed by atoms with Gasteiger partial charge in [0.25, 0.3) is 0 Å². The smallest absolute Gasteiger partial charge is 0.207 e. The molecule has 1 fully saturated rings. The monoisotopic (exact) mass is 393 g/mol. The Bertz CT molecular complexity index is 541. The summed E-state index contributed by atoms with van der Waals surface area (Å²) in [5, 5.41) is 0. The standard InChI is InChI=1S/C14H20INO2S/c1-4-14-13(15)9-11(3)16(14)19(17,18)12-7-5-10(2)6-8-12/h5-8,11,13-14H,4,9H2,1-3H3/t11-,13+,14-/m0/s1. The quantitative estimate of drug-likeness (QED) is 0.584. The number of halogens is 1. The summed E-state index contributed by atoms with van der Waals surface area (Å²) in [7, 11) is -3.37. The predicted octanol–water partition coefficient (Wildman–Crippen LogP) is 3.36. The summed E-state index contributed by atoms with van der Waals surface area (Å²) >= 11 is 2.38. The zero-order valence-corrected chi connectivity index (χ0v) is 14.5. The largest absolute Gasteiger partial charge is 0.243 e. The number of nitrogens with zero attached hydrogens (tertiary/aromatic N) is 1. The highest BCUT2D eigenvalue weighted by atomic mass is 127. The van der Waals surface area contributed by atoms with Gasteiger partial charge in [-0.05, 0) is 38.8 Å². The number of benzene rings is 1. The van der Waals surface area contributed by atoms with E-state index in [-0.39, 0.29) is 12.1 Å². The predicted molar refractivity (Wildman–Crippen MR) is 86.2 cm³/mol.